The molecule has 1 aromatic heterocycles. The van der Waals surface area contributed by atoms with Crippen LogP contribution in [0.4, 0.5) is 11.5 Å². The number of rotatable bonds is 8. The van der Waals surface area contributed by atoms with E-state index < -0.39 is 0 Å². The minimum absolute atomic E-state index is 0.0153. The van der Waals surface area contributed by atoms with Crippen molar-refractivity contribution in [1.82, 2.24) is 25.1 Å². The summed E-state index contributed by atoms with van der Waals surface area (Å²) in [5.41, 5.74) is 4.25. The summed E-state index contributed by atoms with van der Waals surface area (Å²) >= 11 is 6.75. The number of likely N-dealkylation sites (tertiary alicyclic amines) is 1. The van der Waals surface area contributed by atoms with E-state index in [1.54, 1.807) is 0 Å². The fourth-order valence-electron chi connectivity index (χ4n) is 7.92. The van der Waals surface area contributed by atoms with Gasteiger partial charge in [0.2, 0.25) is 5.91 Å². The number of halogens is 1. The minimum Gasteiger partial charge on any atom is -0.462 e. The van der Waals surface area contributed by atoms with Gasteiger partial charge in [-0.25, -0.2) is 0 Å². The topological polar surface area (TPSA) is 111 Å². The van der Waals surface area contributed by atoms with E-state index in [4.69, 9.17) is 26.3 Å². The summed E-state index contributed by atoms with van der Waals surface area (Å²) in [7, 11) is 2.14. The first-order valence-corrected chi connectivity index (χ1v) is 17.7. The molecule has 1 N–H and O–H groups in total. The lowest BCUT2D eigenvalue weighted by molar-refractivity contribution is -0.133. The lowest BCUT2D eigenvalue weighted by Gasteiger charge is -2.42. The van der Waals surface area contributed by atoms with E-state index in [0.29, 0.717) is 44.8 Å². The Morgan fingerprint density at radius 3 is 2.63 bits per heavy atom. The largest absolute Gasteiger partial charge is 0.462 e. The average molecular weight is 677 g/mol. The van der Waals surface area contributed by atoms with Gasteiger partial charge in [-0.2, -0.15) is 15.2 Å². The molecule has 4 aromatic rings. The highest BCUT2D eigenvalue weighted by molar-refractivity contribution is 6.36. The molecule has 0 saturated carbocycles. The van der Waals surface area contributed by atoms with Crippen LogP contribution >= 0.6 is 11.6 Å². The third kappa shape index (κ3) is 6.27. The number of anilines is 2. The summed E-state index contributed by atoms with van der Waals surface area (Å²) in [6, 6.07) is 25.0. The molecule has 3 fully saturated rings. The Morgan fingerprint density at radius 2 is 1.84 bits per heavy atom. The van der Waals surface area contributed by atoms with Gasteiger partial charge < -0.3 is 24.3 Å². The molecule has 1 amide bonds. The molecule has 0 unspecified atom stereocenters. The lowest BCUT2D eigenvalue weighted by Crippen LogP contribution is -2.57. The normalized spacial score (nSPS) is 23.7. The third-order valence-corrected chi connectivity index (χ3v) is 11.0. The first-order chi connectivity index (χ1) is 24.0. The Labute approximate surface area is 292 Å². The summed E-state index contributed by atoms with van der Waals surface area (Å²) in [6.07, 6.45) is 3.26. The molecule has 5 heterocycles. The summed E-state index contributed by atoms with van der Waals surface area (Å²) in [6.45, 7) is 4.66. The SMILES string of the molecule is CN1CCC[C@H]1COc1nc2c(c(N3CCN(C(=O)[C@H]4N[C@H]4c4ccccc4)[C@@H](CC#N)C3)n1)CCN(c1cccc3cccc(Cl)c13)C2. The lowest BCUT2D eigenvalue weighted by atomic mass is 10.0. The van der Waals surface area contributed by atoms with Crippen LogP contribution in [0.5, 0.6) is 6.01 Å². The van der Waals surface area contributed by atoms with Gasteiger partial charge in [0, 0.05) is 48.9 Å². The highest BCUT2D eigenvalue weighted by atomic mass is 35.5. The van der Waals surface area contributed by atoms with Crippen molar-refractivity contribution in [1.29, 1.82) is 5.26 Å². The number of piperazine rings is 1. The molecule has 8 rings (SSSR count). The zero-order valence-electron chi connectivity index (χ0n) is 27.8. The van der Waals surface area contributed by atoms with E-state index in [9.17, 15) is 10.1 Å². The van der Waals surface area contributed by atoms with Gasteiger partial charge in [-0.15, -0.1) is 0 Å². The molecule has 3 saturated heterocycles. The van der Waals surface area contributed by atoms with Crippen LogP contribution in [-0.2, 0) is 17.8 Å². The zero-order chi connectivity index (χ0) is 33.5. The van der Waals surface area contributed by atoms with Gasteiger partial charge in [0.05, 0.1) is 41.8 Å². The number of nitriles is 1. The Bertz CT molecular complexity index is 1900. The molecule has 3 aromatic carbocycles. The third-order valence-electron chi connectivity index (χ3n) is 10.7. The molecule has 11 heteroatoms. The van der Waals surface area contributed by atoms with Crippen LogP contribution < -0.4 is 19.9 Å². The molecule has 49 heavy (non-hydrogen) atoms. The van der Waals surface area contributed by atoms with Crippen molar-refractivity contribution in [3.63, 3.8) is 0 Å². The molecular weight excluding hydrogens is 636 g/mol. The number of benzene rings is 3. The van der Waals surface area contributed by atoms with Gasteiger partial charge in [-0.05, 0) is 55.9 Å². The van der Waals surface area contributed by atoms with Gasteiger partial charge in [-0.1, -0.05) is 66.2 Å². The number of carbonyl (C=O) groups excluding carboxylic acids is 1. The maximum Gasteiger partial charge on any atom is 0.318 e. The van der Waals surface area contributed by atoms with Gasteiger partial charge in [-0.3, -0.25) is 10.1 Å². The summed E-state index contributed by atoms with van der Waals surface area (Å²) < 4.78 is 6.36. The first kappa shape index (κ1) is 31.8. The van der Waals surface area contributed by atoms with Gasteiger partial charge in [0.15, 0.2) is 0 Å². The van der Waals surface area contributed by atoms with Crippen LogP contribution in [-0.4, -0.2) is 90.2 Å². The number of carbonyl (C=O) groups is 1. The fraction of sp³-hybridized carbons (Fsp3) is 0.421. The summed E-state index contributed by atoms with van der Waals surface area (Å²) in [4.78, 5) is 32.7. The highest BCUT2D eigenvalue weighted by Crippen LogP contribution is 2.38. The Kier molecular flexibility index (Phi) is 8.74. The molecular formula is C38H41ClN8O2. The van der Waals surface area contributed by atoms with E-state index in [0.717, 1.165) is 76.5 Å². The number of hydrogen-bond acceptors (Lipinski definition) is 9. The van der Waals surface area contributed by atoms with Crippen molar-refractivity contribution in [2.24, 2.45) is 0 Å². The number of nitrogens with one attached hydrogen (secondary N) is 1. The van der Waals surface area contributed by atoms with Crippen LogP contribution in [0.2, 0.25) is 5.02 Å². The second-order valence-corrected chi connectivity index (χ2v) is 14.1. The molecule has 0 radical (unpaired) electrons. The predicted molar refractivity (Wildman–Crippen MR) is 191 cm³/mol. The second kappa shape index (κ2) is 13.5. The number of hydrogen-bond donors (Lipinski definition) is 1. The van der Waals surface area contributed by atoms with Gasteiger partial charge >= 0.3 is 6.01 Å². The van der Waals surface area contributed by atoms with Gasteiger partial charge in [0.1, 0.15) is 18.5 Å². The van der Waals surface area contributed by atoms with Crippen molar-refractivity contribution in [2.75, 3.05) is 56.2 Å². The number of nitrogens with zero attached hydrogens (tertiary/aromatic N) is 7. The smallest absolute Gasteiger partial charge is 0.318 e. The maximum atomic E-state index is 13.8. The zero-order valence-corrected chi connectivity index (χ0v) is 28.5. The van der Waals surface area contributed by atoms with Crippen molar-refractivity contribution >= 4 is 39.8 Å². The average Bonchev–Trinajstić information content (AvgIpc) is 3.83. The van der Waals surface area contributed by atoms with E-state index in [1.165, 1.54) is 0 Å². The monoisotopic (exact) mass is 676 g/mol. The van der Waals surface area contributed by atoms with Crippen LogP contribution in [0.3, 0.4) is 0 Å². The van der Waals surface area contributed by atoms with Crippen molar-refractivity contribution < 1.29 is 9.53 Å². The quantitative estimate of drug-likeness (QED) is 0.259. The standard InChI is InChI=1S/C38H41ClN8O2/c1-44-18-7-12-28(44)24-49-38-41-31-23-45(32-14-6-11-25-10-5-13-30(39)33(25)32)19-16-29(31)36(43-38)46-20-21-47(27(22-46)15-17-40)37(48)35-34(42-35)26-8-3-2-4-9-26/h2-6,8-11,13-14,27-28,34-35,42H,7,12,15-16,18-24H2,1H3/t27-,28-,34-,35-/m0/s1. The fourth-order valence-corrected chi connectivity index (χ4v) is 8.20. The predicted octanol–water partition coefficient (Wildman–Crippen LogP) is 4.96. The minimum atomic E-state index is -0.260. The van der Waals surface area contributed by atoms with Gasteiger partial charge in [0.25, 0.3) is 0 Å². The van der Waals surface area contributed by atoms with Crippen LogP contribution in [0.25, 0.3) is 10.8 Å². The summed E-state index contributed by atoms with van der Waals surface area (Å²) in [5, 5.41) is 16.1. The van der Waals surface area contributed by atoms with E-state index in [-0.39, 0.29) is 30.5 Å². The van der Waals surface area contributed by atoms with Crippen LogP contribution in [0.1, 0.15) is 42.1 Å². The molecule has 4 atom stereocenters. The van der Waals surface area contributed by atoms with Crippen molar-refractivity contribution in [3.8, 4) is 12.1 Å². The number of ether oxygens (including phenoxy) is 1. The Morgan fingerprint density at radius 1 is 1.00 bits per heavy atom. The van der Waals surface area contributed by atoms with E-state index >= 15 is 0 Å². The highest BCUT2D eigenvalue weighted by Gasteiger charge is 2.47. The maximum absolute atomic E-state index is 13.8. The Balaban J connectivity index is 1.07. The Hall–Kier alpha value is -4.43. The first-order valence-electron chi connectivity index (χ1n) is 17.4. The second-order valence-electron chi connectivity index (χ2n) is 13.7. The van der Waals surface area contributed by atoms with Crippen LogP contribution in [0, 0.1) is 11.3 Å². The molecule has 0 spiro atoms. The van der Waals surface area contributed by atoms with Crippen molar-refractivity contribution in [3.05, 3.63) is 88.6 Å². The number of amides is 1. The molecule has 0 bridgehead atoms. The van der Waals surface area contributed by atoms with Crippen LogP contribution in [0.15, 0.2) is 66.7 Å². The number of fused-ring (bicyclic) bond motifs is 2. The van der Waals surface area contributed by atoms with E-state index in [2.05, 4.69) is 57.4 Å². The molecule has 0 aliphatic carbocycles. The molecule has 4 aliphatic rings. The number of likely N-dealkylation sites (N-methyl/N-ethyl adjacent to an activating group) is 1. The summed E-state index contributed by atoms with van der Waals surface area (Å²) in [5.74, 6) is 0.921. The van der Waals surface area contributed by atoms with Crippen molar-refractivity contribution in [2.45, 2.75) is 56.4 Å². The molecule has 10 nitrogen and oxygen atoms in total. The molecule has 4 aliphatic heterocycles. The molecule has 252 valence electrons. The van der Waals surface area contributed by atoms with E-state index in [1.807, 2.05) is 47.4 Å². The number of aromatic nitrogens is 2.